The van der Waals surface area contributed by atoms with Gasteiger partial charge in [-0.05, 0) is 43.9 Å². The van der Waals surface area contributed by atoms with Crippen LogP contribution in [0, 0.1) is 11.3 Å². The van der Waals surface area contributed by atoms with E-state index in [4.69, 9.17) is 5.26 Å². The Morgan fingerprint density at radius 3 is 2.88 bits per heavy atom. The van der Waals surface area contributed by atoms with Crippen LogP contribution in [0.25, 0.3) is 27.5 Å². The van der Waals surface area contributed by atoms with E-state index in [1.165, 1.54) is 23.1 Å². The third-order valence-electron chi connectivity index (χ3n) is 4.54. The van der Waals surface area contributed by atoms with Crippen LogP contribution in [0.4, 0.5) is 5.69 Å². The van der Waals surface area contributed by atoms with Gasteiger partial charge in [-0.25, -0.2) is 4.52 Å². The molecule has 0 atom stereocenters. The minimum absolute atomic E-state index is 0.0939. The van der Waals surface area contributed by atoms with E-state index >= 15 is 0 Å². The fourth-order valence-corrected chi connectivity index (χ4v) is 4.73. The van der Waals surface area contributed by atoms with Crippen molar-refractivity contribution in [1.29, 1.82) is 5.26 Å². The smallest absolute Gasteiger partial charge is 0.195 e. The first-order valence-electron chi connectivity index (χ1n) is 10.1. The summed E-state index contributed by atoms with van der Waals surface area (Å²) in [6.45, 7) is 6.08. The Morgan fingerprint density at radius 1 is 1.28 bits per heavy atom. The predicted molar refractivity (Wildman–Crippen MR) is 128 cm³/mol. The molecule has 162 valence electrons. The standard InChI is InChI=1S/C22H21N7OS2/c1-4-31-21(30)9-20-27-28-22(32-20)16-12-24-18(8-17(16)26-13(2)3)19-6-5-15-7-14(10-23)11-25-29(15)19/h5-8,11-13H,4,9H2,1-3H3,(H,24,26). The summed E-state index contributed by atoms with van der Waals surface area (Å²) in [6, 6.07) is 9.91. The number of pyridine rings is 1. The van der Waals surface area contributed by atoms with E-state index in [9.17, 15) is 4.79 Å². The average Bonchev–Trinajstić information content (AvgIpc) is 3.40. The zero-order chi connectivity index (χ0) is 22.7. The van der Waals surface area contributed by atoms with Crippen molar-refractivity contribution in [2.75, 3.05) is 11.1 Å². The molecule has 0 radical (unpaired) electrons. The number of fused-ring (bicyclic) bond motifs is 1. The number of aromatic nitrogens is 5. The maximum Gasteiger partial charge on any atom is 0.195 e. The Labute approximate surface area is 193 Å². The van der Waals surface area contributed by atoms with Crippen molar-refractivity contribution in [2.45, 2.75) is 33.2 Å². The highest BCUT2D eigenvalue weighted by molar-refractivity contribution is 8.13. The Balaban J connectivity index is 1.71. The quantitative estimate of drug-likeness (QED) is 0.429. The number of carbonyl (C=O) groups excluding carboxylic acids is 1. The average molecular weight is 464 g/mol. The largest absolute Gasteiger partial charge is 0.382 e. The maximum absolute atomic E-state index is 11.9. The molecular weight excluding hydrogens is 442 g/mol. The fraction of sp³-hybridized carbons (Fsp3) is 0.273. The van der Waals surface area contributed by atoms with Gasteiger partial charge in [-0.1, -0.05) is 30.0 Å². The minimum atomic E-state index is 0.0939. The lowest BCUT2D eigenvalue weighted by Gasteiger charge is -2.14. The van der Waals surface area contributed by atoms with Crippen LogP contribution < -0.4 is 5.32 Å². The first-order chi connectivity index (χ1) is 15.5. The first kappa shape index (κ1) is 21.9. The monoisotopic (exact) mass is 463 g/mol. The van der Waals surface area contributed by atoms with Gasteiger partial charge in [0.25, 0.3) is 0 Å². The molecule has 1 N–H and O–H groups in total. The molecule has 4 rings (SSSR count). The number of thioether (sulfide) groups is 1. The summed E-state index contributed by atoms with van der Waals surface area (Å²) in [5.74, 6) is 0.749. The number of hydrogen-bond donors (Lipinski definition) is 1. The summed E-state index contributed by atoms with van der Waals surface area (Å²) >= 11 is 2.70. The van der Waals surface area contributed by atoms with Crippen molar-refractivity contribution in [1.82, 2.24) is 24.8 Å². The lowest BCUT2D eigenvalue weighted by Crippen LogP contribution is -2.11. The highest BCUT2D eigenvalue weighted by Crippen LogP contribution is 2.34. The van der Waals surface area contributed by atoms with Crippen molar-refractivity contribution in [3.8, 4) is 28.0 Å². The Bertz CT molecular complexity index is 1320. The summed E-state index contributed by atoms with van der Waals surface area (Å²) in [6.07, 6.45) is 3.59. The number of nitrogens with zero attached hydrogens (tertiary/aromatic N) is 6. The van der Waals surface area contributed by atoms with E-state index in [0.717, 1.165) is 33.9 Å². The van der Waals surface area contributed by atoms with Crippen LogP contribution >= 0.6 is 23.1 Å². The number of nitrogens with one attached hydrogen (secondary N) is 1. The molecule has 0 aliphatic carbocycles. The SMILES string of the molecule is CCSC(=O)Cc1nnc(-c2cnc(-c3ccc4cc(C#N)cnn34)cc2NC(C)C)s1. The van der Waals surface area contributed by atoms with Crippen molar-refractivity contribution < 1.29 is 4.79 Å². The summed E-state index contributed by atoms with van der Waals surface area (Å²) < 4.78 is 1.77. The number of nitriles is 1. The lowest BCUT2D eigenvalue weighted by molar-refractivity contribution is -0.110. The van der Waals surface area contributed by atoms with Gasteiger partial charge in [0.2, 0.25) is 0 Å². The minimum Gasteiger partial charge on any atom is -0.382 e. The zero-order valence-electron chi connectivity index (χ0n) is 17.9. The van der Waals surface area contributed by atoms with Crippen LogP contribution in [0.15, 0.2) is 36.7 Å². The Hall–Kier alpha value is -3.29. The molecule has 0 saturated carbocycles. The molecule has 32 heavy (non-hydrogen) atoms. The summed E-state index contributed by atoms with van der Waals surface area (Å²) in [5, 5.41) is 27.0. The molecule has 0 saturated heterocycles. The van der Waals surface area contributed by atoms with Gasteiger partial charge in [0.1, 0.15) is 11.1 Å². The molecule has 4 aromatic rings. The molecule has 0 fully saturated rings. The van der Waals surface area contributed by atoms with Gasteiger partial charge in [0, 0.05) is 17.9 Å². The third kappa shape index (κ3) is 4.64. The molecule has 8 nitrogen and oxygen atoms in total. The normalized spacial score (nSPS) is 11.1. The second-order valence-electron chi connectivity index (χ2n) is 7.31. The number of rotatable bonds is 7. The van der Waals surface area contributed by atoms with E-state index in [1.54, 1.807) is 23.0 Å². The number of hydrogen-bond acceptors (Lipinski definition) is 9. The van der Waals surface area contributed by atoms with Gasteiger partial charge in [0.05, 0.1) is 40.6 Å². The summed E-state index contributed by atoms with van der Waals surface area (Å²) in [4.78, 5) is 16.6. The predicted octanol–water partition coefficient (Wildman–Crippen LogP) is 4.43. The highest BCUT2D eigenvalue weighted by Gasteiger charge is 2.17. The molecule has 0 bridgehead atoms. The second-order valence-corrected chi connectivity index (χ2v) is 9.69. The van der Waals surface area contributed by atoms with Crippen LogP contribution in [0.3, 0.4) is 0 Å². The van der Waals surface area contributed by atoms with Gasteiger partial charge in [-0.3, -0.25) is 9.78 Å². The number of anilines is 1. The second kappa shape index (κ2) is 9.46. The van der Waals surface area contributed by atoms with Crippen LogP contribution in [0.2, 0.25) is 0 Å². The van der Waals surface area contributed by atoms with Gasteiger partial charge >= 0.3 is 0 Å². The van der Waals surface area contributed by atoms with E-state index in [1.807, 2.05) is 25.1 Å². The van der Waals surface area contributed by atoms with Crippen LogP contribution in [0.1, 0.15) is 31.3 Å². The van der Waals surface area contributed by atoms with Gasteiger partial charge in [0.15, 0.2) is 10.1 Å². The van der Waals surface area contributed by atoms with Crippen molar-refractivity contribution in [3.05, 3.63) is 47.2 Å². The molecule has 4 heterocycles. The molecule has 0 aliphatic rings. The molecular formula is C22H21N7OS2. The molecule has 4 aromatic heterocycles. The topological polar surface area (TPSA) is 109 Å². The van der Waals surface area contributed by atoms with Gasteiger partial charge in [-0.15, -0.1) is 10.2 Å². The van der Waals surface area contributed by atoms with Crippen LogP contribution in [-0.4, -0.2) is 41.7 Å². The molecule has 10 heteroatoms. The highest BCUT2D eigenvalue weighted by atomic mass is 32.2. The lowest BCUT2D eigenvalue weighted by atomic mass is 10.1. The molecule has 0 aliphatic heterocycles. The molecule has 0 unspecified atom stereocenters. The summed E-state index contributed by atoms with van der Waals surface area (Å²) in [5.41, 5.74) is 4.62. The third-order valence-corrected chi connectivity index (χ3v) is 6.25. The van der Waals surface area contributed by atoms with E-state index in [2.05, 4.69) is 45.5 Å². The van der Waals surface area contributed by atoms with E-state index in [0.29, 0.717) is 15.6 Å². The molecule has 0 spiro atoms. The van der Waals surface area contributed by atoms with Crippen molar-refractivity contribution in [3.63, 3.8) is 0 Å². The van der Waals surface area contributed by atoms with Crippen LogP contribution in [-0.2, 0) is 11.2 Å². The van der Waals surface area contributed by atoms with E-state index in [-0.39, 0.29) is 17.6 Å². The zero-order valence-corrected chi connectivity index (χ0v) is 19.5. The fourth-order valence-electron chi connectivity index (χ4n) is 3.22. The molecule has 0 amide bonds. The maximum atomic E-state index is 11.9. The van der Waals surface area contributed by atoms with Crippen molar-refractivity contribution >= 4 is 39.4 Å². The van der Waals surface area contributed by atoms with Gasteiger partial charge in [-0.2, -0.15) is 10.4 Å². The van der Waals surface area contributed by atoms with Crippen LogP contribution in [0.5, 0.6) is 0 Å². The van der Waals surface area contributed by atoms with E-state index < -0.39 is 0 Å². The Morgan fingerprint density at radius 2 is 2.12 bits per heavy atom. The summed E-state index contributed by atoms with van der Waals surface area (Å²) in [7, 11) is 0. The Kier molecular flexibility index (Phi) is 6.48. The first-order valence-corrected chi connectivity index (χ1v) is 11.9. The molecule has 0 aromatic carbocycles. The van der Waals surface area contributed by atoms with Crippen molar-refractivity contribution in [2.24, 2.45) is 0 Å². The van der Waals surface area contributed by atoms with Gasteiger partial charge < -0.3 is 5.32 Å². The number of carbonyl (C=O) groups is 1.